The highest BCUT2D eigenvalue weighted by Gasteiger charge is 2.28. The molecular weight excluding hydrogens is 232 g/mol. The summed E-state index contributed by atoms with van der Waals surface area (Å²) >= 11 is 0. The molecule has 2 heterocycles. The molecule has 0 amide bonds. The summed E-state index contributed by atoms with van der Waals surface area (Å²) < 4.78 is 0. The van der Waals surface area contributed by atoms with Crippen LogP contribution in [-0.4, -0.2) is 30.6 Å². The maximum atomic E-state index is 3.61. The summed E-state index contributed by atoms with van der Waals surface area (Å²) in [7, 11) is 0. The number of fused-ring (bicyclic) bond motifs is 1. The van der Waals surface area contributed by atoms with Crippen LogP contribution in [0.3, 0.4) is 0 Å². The van der Waals surface area contributed by atoms with Crippen LogP contribution in [0.15, 0.2) is 24.3 Å². The van der Waals surface area contributed by atoms with Crippen molar-refractivity contribution in [2.24, 2.45) is 5.41 Å². The van der Waals surface area contributed by atoms with Gasteiger partial charge in [0, 0.05) is 18.3 Å². The molecule has 1 fully saturated rings. The summed E-state index contributed by atoms with van der Waals surface area (Å²) in [5.74, 6) is 0. The molecular formula is C17H26N2. The molecule has 0 spiro atoms. The number of anilines is 1. The van der Waals surface area contributed by atoms with Crippen LogP contribution >= 0.6 is 0 Å². The first-order valence-electron chi connectivity index (χ1n) is 7.70. The van der Waals surface area contributed by atoms with Gasteiger partial charge in [-0.3, -0.25) is 4.90 Å². The first-order chi connectivity index (χ1) is 9.14. The predicted octanol–water partition coefficient (Wildman–Crippen LogP) is 3.54. The molecule has 1 atom stereocenters. The van der Waals surface area contributed by atoms with Crippen LogP contribution in [0.2, 0.25) is 0 Å². The largest absolute Gasteiger partial charge is 0.383 e. The second-order valence-electron chi connectivity index (χ2n) is 6.95. The molecule has 3 rings (SSSR count). The number of nitrogens with one attached hydrogen (secondary N) is 1. The van der Waals surface area contributed by atoms with Gasteiger partial charge in [-0.05, 0) is 55.8 Å². The summed E-state index contributed by atoms with van der Waals surface area (Å²) in [5, 5.41) is 3.61. The van der Waals surface area contributed by atoms with E-state index in [0.29, 0.717) is 11.5 Å². The minimum atomic E-state index is 0.536. The van der Waals surface area contributed by atoms with E-state index in [1.54, 1.807) is 0 Å². The van der Waals surface area contributed by atoms with Gasteiger partial charge in [-0.15, -0.1) is 0 Å². The minimum Gasteiger partial charge on any atom is -0.383 e. The quantitative estimate of drug-likeness (QED) is 0.829. The van der Waals surface area contributed by atoms with E-state index in [2.05, 4.69) is 48.3 Å². The first kappa shape index (κ1) is 13.0. The number of benzene rings is 1. The Labute approximate surface area is 117 Å². The molecule has 0 aliphatic carbocycles. The van der Waals surface area contributed by atoms with Crippen molar-refractivity contribution in [1.29, 1.82) is 0 Å². The third-order valence-corrected chi connectivity index (χ3v) is 4.89. The van der Waals surface area contributed by atoms with Gasteiger partial charge in [-0.2, -0.15) is 0 Å². The molecule has 2 nitrogen and oxygen atoms in total. The minimum absolute atomic E-state index is 0.536. The van der Waals surface area contributed by atoms with Crippen LogP contribution in [0.5, 0.6) is 0 Å². The van der Waals surface area contributed by atoms with Crippen molar-refractivity contribution < 1.29 is 0 Å². The van der Waals surface area contributed by atoms with Crippen molar-refractivity contribution in [3.05, 3.63) is 29.8 Å². The van der Waals surface area contributed by atoms with Crippen molar-refractivity contribution in [1.82, 2.24) is 4.90 Å². The van der Waals surface area contributed by atoms with E-state index in [1.165, 1.54) is 50.0 Å². The second-order valence-corrected chi connectivity index (χ2v) is 6.95. The summed E-state index contributed by atoms with van der Waals surface area (Å²) in [5.41, 5.74) is 3.37. The van der Waals surface area contributed by atoms with Crippen LogP contribution in [0.25, 0.3) is 0 Å². The van der Waals surface area contributed by atoms with Gasteiger partial charge in [-0.1, -0.05) is 32.0 Å². The maximum absolute atomic E-state index is 3.61. The zero-order valence-electron chi connectivity index (χ0n) is 12.3. The fourth-order valence-corrected chi connectivity index (χ4v) is 3.49. The Morgan fingerprint density at radius 3 is 2.89 bits per heavy atom. The van der Waals surface area contributed by atoms with Gasteiger partial charge in [-0.25, -0.2) is 0 Å². The van der Waals surface area contributed by atoms with E-state index in [1.807, 2.05) is 0 Å². The van der Waals surface area contributed by atoms with Crippen molar-refractivity contribution >= 4 is 5.69 Å². The van der Waals surface area contributed by atoms with E-state index in [4.69, 9.17) is 0 Å². The van der Waals surface area contributed by atoms with Crippen LogP contribution in [0, 0.1) is 5.41 Å². The molecule has 104 valence electrons. The van der Waals surface area contributed by atoms with Gasteiger partial charge in [0.25, 0.3) is 0 Å². The smallest absolute Gasteiger partial charge is 0.0373 e. The molecule has 2 aliphatic rings. The molecule has 2 heteroatoms. The Morgan fingerprint density at radius 2 is 2.00 bits per heavy atom. The van der Waals surface area contributed by atoms with Gasteiger partial charge in [0.2, 0.25) is 0 Å². The Kier molecular flexibility index (Phi) is 3.53. The summed E-state index contributed by atoms with van der Waals surface area (Å²) in [6, 6.07) is 9.45. The second kappa shape index (κ2) is 5.16. The van der Waals surface area contributed by atoms with Crippen LogP contribution < -0.4 is 5.32 Å². The molecule has 1 saturated heterocycles. The normalized spacial score (nSPS) is 27.2. The number of nitrogens with zero attached hydrogens (tertiary/aromatic N) is 1. The van der Waals surface area contributed by atoms with Gasteiger partial charge in [0.1, 0.15) is 0 Å². The van der Waals surface area contributed by atoms with E-state index in [9.17, 15) is 0 Å². The van der Waals surface area contributed by atoms with Crippen molar-refractivity contribution in [3.63, 3.8) is 0 Å². The molecule has 19 heavy (non-hydrogen) atoms. The highest BCUT2D eigenvalue weighted by atomic mass is 15.2. The number of likely N-dealkylation sites (tertiary alicyclic amines) is 1. The Hall–Kier alpha value is -1.02. The number of rotatable bonds is 1. The zero-order chi connectivity index (χ0) is 13.3. The van der Waals surface area contributed by atoms with Crippen molar-refractivity contribution in [2.45, 2.75) is 45.6 Å². The van der Waals surface area contributed by atoms with Gasteiger partial charge >= 0.3 is 0 Å². The lowest BCUT2D eigenvalue weighted by atomic mass is 9.85. The van der Waals surface area contributed by atoms with Crippen molar-refractivity contribution in [2.75, 3.05) is 25.0 Å². The highest BCUT2D eigenvalue weighted by Crippen LogP contribution is 2.32. The molecule has 1 aromatic rings. The molecule has 0 saturated carbocycles. The van der Waals surface area contributed by atoms with Crippen LogP contribution in [0.4, 0.5) is 5.69 Å². The Balaban J connectivity index is 1.68. The SMILES string of the molecule is CC1(C)CCCN(C2CNc3ccccc3C2)CC1. The fourth-order valence-electron chi connectivity index (χ4n) is 3.49. The van der Waals surface area contributed by atoms with Crippen molar-refractivity contribution in [3.8, 4) is 0 Å². The molecule has 0 aromatic heterocycles. The summed E-state index contributed by atoms with van der Waals surface area (Å²) in [4.78, 5) is 2.72. The number of para-hydroxylation sites is 1. The van der Waals surface area contributed by atoms with E-state index < -0.39 is 0 Å². The number of hydrogen-bond acceptors (Lipinski definition) is 2. The van der Waals surface area contributed by atoms with E-state index in [-0.39, 0.29) is 0 Å². The molecule has 1 unspecified atom stereocenters. The fraction of sp³-hybridized carbons (Fsp3) is 0.647. The zero-order valence-corrected chi connectivity index (χ0v) is 12.3. The monoisotopic (exact) mass is 258 g/mol. The summed E-state index contributed by atoms with van der Waals surface area (Å²) in [6.07, 6.45) is 5.28. The molecule has 0 radical (unpaired) electrons. The molecule has 2 aliphatic heterocycles. The average Bonchev–Trinajstić information content (AvgIpc) is 2.59. The average molecular weight is 258 g/mol. The van der Waals surface area contributed by atoms with E-state index >= 15 is 0 Å². The van der Waals surface area contributed by atoms with Gasteiger partial charge < -0.3 is 5.32 Å². The van der Waals surface area contributed by atoms with Crippen LogP contribution in [0.1, 0.15) is 38.7 Å². The molecule has 0 bridgehead atoms. The third kappa shape index (κ3) is 2.94. The van der Waals surface area contributed by atoms with E-state index in [0.717, 1.165) is 6.54 Å². The molecule has 1 N–H and O–H groups in total. The summed E-state index contributed by atoms with van der Waals surface area (Å²) in [6.45, 7) is 8.49. The predicted molar refractivity (Wildman–Crippen MR) is 81.6 cm³/mol. The first-order valence-corrected chi connectivity index (χ1v) is 7.70. The third-order valence-electron chi connectivity index (χ3n) is 4.89. The standard InChI is InChI=1S/C17H26N2/c1-17(2)8-5-10-19(11-9-17)15-12-14-6-3-4-7-16(14)18-13-15/h3-4,6-7,15,18H,5,8-13H2,1-2H3. The number of hydrogen-bond donors (Lipinski definition) is 1. The molecule has 1 aromatic carbocycles. The highest BCUT2D eigenvalue weighted by molar-refractivity contribution is 5.53. The Morgan fingerprint density at radius 1 is 1.16 bits per heavy atom. The van der Waals surface area contributed by atoms with Gasteiger partial charge in [0.15, 0.2) is 0 Å². The maximum Gasteiger partial charge on any atom is 0.0373 e. The Bertz CT molecular complexity index is 439. The lowest BCUT2D eigenvalue weighted by Crippen LogP contribution is -2.44. The lowest BCUT2D eigenvalue weighted by Gasteiger charge is -2.35. The lowest BCUT2D eigenvalue weighted by molar-refractivity contribution is 0.198. The van der Waals surface area contributed by atoms with Crippen LogP contribution in [-0.2, 0) is 6.42 Å². The topological polar surface area (TPSA) is 15.3 Å². The van der Waals surface area contributed by atoms with Gasteiger partial charge in [0.05, 0.1) is 0 Å².